The molecular formula is C42H36Br6N3O6P3. The quantitative estimate of drug-likeness (QED) is 0.113. The molecule has 0 N–H and O–H groups in total. The lowest BCUT2D eigenvalue weighted by Crippen LogP contribution is -2.12. The summed E-state index contributed by atoms with van der Waals surface area (Å²) in [4.78, 5) is 0. The Morgan fingerprint density at radius 1 is 0.283 bits per heavy atom. The van der Waals surface area contributed by atoms with Gasteiger partial charge in [0.25, 0.3) is 0 Å². The molecule has 0 radical (unpaired) electrons. The monoisotopic (exact) mass is 1240 g/mol. The minimum Gasteiger partial charge on any atom is -0.413 e. The third-order valence-corrected chi connectivity index (χ3v) is 19.8. The van der Waals surface area contributed by atoms with Crippen LogP contribution >= 0.6 is 119 Å². The summed E-state index contributed by atoms with van der Waals surface area (Å²) >= 11 is 21.7. The average Bonchev–Trinajstić information content (AvgIpc) is 3.16. The Bertz CT molecular complexity index is 2350. The highest BCUT2D eigenvalue weighted by Gasteiger charge is 2.49. The molecule has 1 heterocycles. The Morgan fingerprint density at radius 3 is 0.567 bits per heavy atom. The van der Waals surface area contributed by atoms with Crippen LogP contribution in [0.5, 0.6) is 34.5 Å². The van der Waals surface area contributed by atoms with E-state index in [1.165, 1.54) is 0 Å². The highest BCUT2D eigenvalue weighted by Crippen LogP contribution is 2.79. The van der Waals surface area contributed by atoms with Crippen LogP contribution in [0, 0.1) is 41.5 Å². The smallest absolute Gasteiger partial charge is 0.413 e. The highest BCUT2D eigenvalue weighted by atomic mass is 79.9. The van der Waals surface area contributed by atoms with Crippen LogP contribution in [0.4, 0.5) is 0 Å². The molecule has 0 amide bonds. The number of nitrogens with zero attached hydrogens (tertiary/aromatic N) is 3. The average molecular weight is 1250 g/mol. The molecule has 0 aliphatic carbocycles. The molecule has 6 aromatic carbocycles. The van der Waals surface area contributed by atoms with Crippen LogP contribution in [0.15, 0.2) is 150 Å². The minimum atomic E-state index is -4.12. The summed E-state index contributed by atoms with van der Waals surface area (Å²) < 4.78 is 64.4. The Hall–Kier alpha value is -2.31. The summed E-state index contributed by atoms with van der Waals surface area (Å²) in [5, 5.41) is 0. The summed E-state index contributed by atoms with van der Waals surface area (Å²) in [6.07, 6.45) is 0. The van der Waals surface area contributed by atoms with Gasteiger partial charge in [0, 0.05) is 26.8 Å². The first-order valence-corrected chi connectivity index (χ1v) is 27.4. The molecule has 312 valence electrons. The number of benzene rings is 6. The lowest BCUT2D eigenvalue weighted by Gasteiger charge is -2.34. The second kappa shape index (κ2) is 18.8. The van der Waals surface area contributed by atoms with E-state index in [4.69, 9.17) is 40.7 Å². The first-order valence-electron chi connectivity index (χ1n) is 18.1. The maximum absolute atomic E-state index is 7.15. The van der Waals surface area contributed by atoms with Crippen molar-refractivity contribution in [3.63, 3.8) is 0 Å². The molecule has 0 aromatic heterocycles. The van der Waals surface area contributed by atoms with Gasteiger partial charge in [0.05, 0.1) is 0 Å². The molecule has 0 fully saturated rings. The van der Waals surface area contributed by atoms with E-state index in [1.807, 2.05) is 151 Å². The number of halogens is 6. The first kappa shape index (κ1) is 45.7. The van der Waals surface area contributed by atoms with E-state index in [1.54, 1.807) is 0 Å². The molecule has 0 spiro atoms. The van der Waals surface area contributed by atoms with E-state index in [2.05, 4.69) is 95.6 Å². The van der Waals surface area contributed by atoms with Gasteiger partial charge in [-0.3, -0.25) is 0 Å². The maximum Gasteiger partial charge on any atom is 0.460 e. The third kappa shape index (κ3) is 10.9. The van der Waals surface area contributed by atoms with Crippen molar-refractivity contribution in [3.05, 3.63) is 169 Å². The van der Waals surface area contributed by atoms with Crippen molar-refractivity contribution in [2.75, 3.05) is 0 Å². The Labute approximate surface area is 400 Å². The summed E-state index contributed by atoms with van der Waals surface area (Å²) in [5.74, 6) is 2.78. The van der Waals surface area contributed by atoms with Gasteiger partial charge in [-0.05, 0) is 184 Å². The van der Waals surface area contributed by atoms with Crippen molar-refractivity contribution in [3.8, 4) is 34.5 Å². The summed E-state index contributed by atoms with van der Waals surface area (Å²) in [6.45, 7) is 11.6. The van der Waals surface area contributed by atoms with E-state index in [-0.39, 0.29) is 0 Å². The fraction of sp³-hybridized carbons (Fsp3) is 0.143. The van der Waals surface area contributed by atoms with Crippen LogP contribution < -0.4 is 27.1 Å². The summed E-state index contributed by atoms with van der Waals surface area (Å²) in [5.41, 5.74) is 4.77. The van der Waals surface area contributed by atoms with E-state index in [0.717, 1.165) is 60.2 Å². The zero-order valence-electron chi connectivity index (χ0n) is 32.8. The number of hydrogen-bond donors (Lipinski definition) is 0. The van der Waals surface area contributed by atoms with Gasteiger partial charge >= 0.3 is 23.0 Å². The van der Waals surface area contributed by atoms with Crippen LogP contribution in [0.25, 0.3) is 0 Å². The predicted octanol–water partition coefficient (Wildman–Crippen LogP) is 18.7. The normalized spacial score (nSPS) is 14.8. The van der Waals surface area contributed by atoms with Crippen molar-refractivity contribution >= 4 is 119 Å². The molecule has 9 nitrogen and oxygen atoms in total. The number of hydrogen-bond acceptors (Lipinski definition) is 9. The van der Waals surface area contributed by atoms with Gasteiger partial charge < -0.3 is 27.1 Å². The molecule has 1 aliphatic heterocycles. The number of aryl methyl sites for hydroxylation is 6. The van der Waals surface area contributed by atoms with Gasteiger partial charge in [-0.1, -0.05) is 109 Å². The van der Waals surface area contributed by atoms with Crippen molar-refractivity contribution in [2.45, 2.75) is 41.5 Å². The van der Waals surface area contributed by atoms with Crippen LogP contribution in [0.2, 0.25) is 0 Å². The largest absolute Gasteiger partial charge is 0.460 e. The molecule has 60 heavy (non-hydrogen) atoms. The van der Waals surface area contributed by atoms with Crippen LogP contribution in [0.1, 0.15) is 33.4 Å². The first-order chi connectivity index (χ1) is 28.4. The van der Waals surface area contributed by atoms with E-state index in [9.17, 15) is 0 Å². The molecule has 18 heteroatoms. The lowest BCUT2D eigenvalue weighted by atomic mass is 10.2. The van der Waals surface area contributed by atoms with Gasteiger partial charge in [-0.25, -0.2) is 0 Å². The standard InChI is InChI=1S/C42H36Br6N3O6P3/c1-25-19-31(43)7-13-37(25)52-58(53-38-14-8-32(44)20-26(38)2)49-59(54-39-15-9-33(45)21-27(39)3,55-40-16-10-34(46)22-28(40)4)51-60(50-58,56-41-17-11-35(47)23-29(41)5)57-42-18-12-36(48)24-30(42)6/h7-24H,1-6H3. The predicted molar refractivity (Wildman–Crippen MR) is 265 cm³/mol. The van der Waals surface area contributed by atoms with Crippen LogP contribution in [-0.2, 0) is 0 Å². The molecule has 6 aromatic rings. The lowest BCUT2D eigenvalue weighted by molar-refractivity contribution is 0.439. The van der Waals surface area contributed by atoms with Crippen molar-refractivity contribution in [1.29, 1.82) is 0 Å². The molecule has 0 saturated heterocycles. The highest BCUT2D eigenvalue weighted by molar-refractivity contribution is 9.11. The van der Waals surface area contributed by atoms with E-state index < -0.39 is 23.0 Å². The molecule has 7 rings (SSSR count). The molecule has 1 aliphatic rings. The summed E-state index contributed by atoms with van der Waals surface area (Å²) in [6, 6.07) is 34.0. The fourth-order valence-corrected chi connectivity index (χ4v) is 18.1. The molecule has 0 saturated carbocycles. The zero-order chi connectivity index (χ0) is 43.0. The Kier molecular flexibility index (Phi) is 14.3. The van der Waals surface area contributed by atoms with E-state index >= 15 is 0 Å². The van der Waals surface area contributed by atoms with Crippen LogP contribution in [0.3, 0.4) is 0 Å². The molecular weight excluding hydrogens is 1210 g/mol. The molecule has 0 atom stereocenters. The minimum absolute atomic E-state index is 0.464. The number of rotatable bonds is 12. The van der Waals surface area contributed by atoms with E-state index in [0.29, 0.717) is 34.5 Å². The van der Waals surface area contributed by atoms with Crippen molar-refractivity contribution in [1.82, 2.24) is 0 Å². The summed E-state index contributed by atoms with van der Waals surface area (Å²) in [7, 11) is -12.4. The Morgan fingerprint density at radius 2 is 0.433 bits per heavy atom. The van der Waals surface area contributed by atoms with Gasteiger partial charge in [0.1, 0.15) is 34.5 Å². The van der Waals surface area contributed by atoms with Gasteiger partial charge in [-0.2, -0.15) is 0 Å². The second-order valence-electron chi connectivity index (χ2n) is 13.7. The topological polar surface area (TPSA) is 92.5 Å². The van der Waals surface area contributed by atoms with Crippen molar-refractivity contribution < 1.29 is 27.1 Å². The van der Waals surface area contributed by atoms with Gasteiger partial charge in [0.2, 0.25) is 0 Å². The van der Waals surface area contributed by atoms with Gasteiger partial charge in [-0.15, -0.1) is 0 Å². The van der Waals surface area contributed by atoms with Crippen molar-refractivity contribution in [2.24, 2.45) is 13.5 Å². The van der Waals surface area contributed by atoms with Crippen LogP contribution in [-0.4, -0.2) is 0 Å². The third-order valence-electron chi connectivity index (χ3n) is 8.80. The SMILES string of the molecule is Cc1cc(Br)ccc1OP1(Oc2ccc(Br)cc2C)=NP(Oc2ccc(Br)cc2C)(Oc2ccc(Br)cc2C)=NP(Oc2ccc(Br)cc2C)(Oc2ccc(Br)cc2C)=N1. The zero-order valence-corrected chi connectivity index (χ0v) is 45.0. The fourth-order valence-electron chi connectivity index (χ4n) is 5.82. The maximum atomic E-state index is 7.15. The molecule has 0 bridgehead atoms. The van der Waals surface area contributed by atoms with Gasteiger partial charge in [0.15, 0.2) is 0 Å². The molecule has 0 unspecified atom stereocenters. The Balaban J connectivity index is 1.65. The second-order valence-corrected chi connectivity index (χ2v) is 25.4.